The van der Waals surface area contributed by atoms with Crippen LogP contribution in [0.3, 0.4) is 0 Å². The zero-order valence-electron chi connectivity index (χ0n) is 15.6. The van der Waals surface area contributed by atoms with E-state index in [9.17, 15) is 0 Å². The van der Waals surface area contributed by atoms with Gasteiger partial charge in [0.05, 0.1) is 14.2 Å². The van der Waals surface area contributed by atoms with Crippen LogP contribution in [0.25, 0.3) is 0 Å². The van der Waals surface area contributed by atoms with Gasteiger partial charge in [-0.3, -0.25) is 0 Å². The third kappa shape index (κ3) is 3.14. The van der Waals surface area contributed by atoms with E-state index in [1.54, 1.807) is 14.2 Å². The predicted molar refractivity (Wildman–Crippen MR) is 102 cm³/mol. The van der Waals surface area contributed by atoms with Crippen LogP contribution in [0.4, 0.5) is 0 Å². The highest BCUT2D eigenvalue weighted by Gasteiger charge is 2.44. The smallest absolute Gasteiger partial charge is 0.203 e. The monoisotopic (exact) mass is 353 g/mol. The van der Waals surface area contributed by atoms with Crippen molar-refractivity contribution >= 4 is 0 Å². The number of fused-ring (bicyclic) bond motifs is 1. The Morgan fingerprint density at radius 2 is 1.81 bits per heavy atom. The molecular weight excluding hydrogens is 326 g/mol. The highest BCUT2D eigenvalue weighted by molar-refractivity contribution is 5.58. The van der Waals surface area contributed by atoms with Crippen molar-refractivity contribution in [2.75, 3.05) is 14.2 Å². The maximum atomic E-state index is 6.58. The molecular formula is C22H27NO3. The zero-order valence-corrected chi connectivity index (χ0v) is 15.6. The van der Waals surface area contributed by atoms with Crippen LogP contribution < -0.4 is 19.5 Å². The van der Waals surface area contributed by atoms with Crippen molar-refractivity contribution in [2.45, 2.75) is 50.3 Å². The van der Waals surface area contributed by atoms with Gasteiger partial charge in [0, 0.05) is 24.6 Å². The molecule has 1 heterocycles. The molecule has 2 aliphatic rings. The molecule has 1 unspecified atom stereocenters. The molecule has 1 spiro atoms. The number of rotatable bonds is 5. The van der Waals surface area contributed by atoms with Gasteiger partial charge in [0.15, 0.2) is 11.5 Å². The molecule has 1 aliphatic heterocycles. The molecule has 1 fully saturated rings. The topological polar surface area (TPSA) is 39.7 Å². The van der Waals surface area contributed by atoms with Gasteiger partial charge >= 0.3 is 0 Å². The average Bonchev–Trinajstić information content (AvgIpc) is 3.13. The molecule has 2 aromatic carbocycles. The van der Waals surface area contributed by atoms with Crippen LogP contribution >= 0.6 is 0 Å². The molecule has 0 amide bonds. The van der Waals surface area contributed by atoms with E-state index < -0.39 is 0 Å². The first kappa shape index (κ1) is 17.2. The highest BCUT2D eigenvalue weighted by atomic mass is 16.5. The highest BCUT2D eigenvalue weighted by Crippen LogP contribution is 2.52. The fourth-order valence-corrected chi connectivity index (χ4v) is 4.38. The summed E-state index contributed by atoms with van der Waals surface area (Å²) in [5.41, 5.74) is 2.37. The molecule has 1 N–H and O–H groups in total. The molecule has 0 aromatic heterocycles. The second kappa shape index (κ2) is 7.20. The lowest BCUT2D eigenvalue weighted by molar-refractivity contribution is 0.0329. The second-order valence-electron chi connectivity index (χ2n) is 7.33. The van der Waals surface area contributed by atoms with Gasteiger partial charge in [0.1, 0.15) is 5.60 Å². The summed E-state index contributed by atoms with van der Waals surface area (Å²) in [5.74, 6) is 2.29. The summed E-state index contributed by atoms with van der Waals surface area (Å²) in [6.45, 7) is 0.843. The third-order valence-electron chi connectivity index (χ3n) is 5.71. The number of hydrogen-bond donors (Lipinski definition) is 1. The number of nitrogens with one attached hydrogen (secondary N) is 1. The van der Waals surface area contributed by atoms with Crippen LogP contribution in [0.5, 0.6) is 17.2 Å². The molecule has 1 aliphatic carbocycles. The molecule has 4 nitrogen and oxygen atoms in total. The van der Waals surface area contributed by atoms with E-state index in [1.165, 1.54) is 18.4 Å². The lowest BCUT2D eigenvalue weighted by Crippen LogP contribution is -2.42. The number of methoxy groups -OCH3 is 2. The number of hydrogen-bond acceptors (Lipinski definition) is 4. The van der Waals surface area contributed by atoms with Crippen LogP contribution in [-0.2, 0) is 6.54 Å². The van der Waals surface area contributed by atoms with Gasteiger partial charge in [-0.25, -0.2) is 0 Å². The fraction of sp³-hybridized carbons (Fsp3) is 0.455. The molecule has 26 heavy (non-hydrogen) atoms. The molecule has 0 radical (unpaired) electrons. The first-order valence-electron chi connectivity index (χ1n) is 9.46. The Bertz CT molecular complexity index is 753. The normalized spacial score (nSPS) is 20.5. The molecule has 4 heteroatoms. The van der Waals surface area contributed by atoms with Gasteiger partial charge in [-0.05, 0) is 43.4 Å². The van der Waals surface area contributed by atoms with Gasteiger partial charge < -0.3 is 19.5 Å². The Labute approximate surface area is 155 Å². The first-order chi connectivity index (χ1) is 12.7. The van der Waals surface area contributed by atoms with Crippen LogP contribution in [0.1, 0.15) is 49.3 Å². The Morgan fingerprint density at radius 1 is 1.04 bits per heavy atom. The van der Waals surface area contributed by atoms with Crippen molar-refractivity contribution < 1.29 is 14.2 Å². The molecule has 4 rings (SSSR count). The Balaban J connectivity index is 1.67. The third-order valence-corrected chi connectivity index (χ3v) is 5.71. The van der Waals surface area contributed by atoms with E-state index in [0.717, 1.165) is 42.9 Å². The summed E-state index contributed by atoms with van der Waals surface area (Å²) < 4.78 is 17.7. The predicted octanol–water partition coefficient (Wildman–Crippen LogP) is 4.63. The summed E-state index contributed by atoms with van der Waals surface area (Å²) in [5, 5.41) is 3.76. The fourth-order valence-electron chi connectivity index (χ4n) is 4.38. The van der Waals surface area contributed by atoms with E-state index in [0.29, 0.717) is 5.75 Å². The summed E-state index contributed by atoms with van der Waals surface area (Å²) in [6.07, 6.45) is 5.68. The van der Waals surface area contributed by atoms with Gasteiger partial charge in [-0.15, -0.1) is 0 Å². The molecule has 138 valence electrons. The molecule has 1 atom stereocenters. The van der Waals surface area contributed by atoms with Crippen molar-refractivity contribution in [1.82, 2.24) is 5.32 Å². The summed E-state index contributed by atoms with van der Waals surface area (Å²) in [7, 11) is 3.35. The van der Waals surface area contributed by atoms with Gasteiger partial charge in [0.2, 0.25) is 5.75 Å². The van der Waals surface area contributed by atoms with Crippen molar-refractivity contribution in [3.63, 3.8) is 0 Å². The van der Waals surface area contributed by atoms with Crippen molar-refractivity contribution in [2.24, 2.45) is 0 Å². The summed E-state index contributed by atoms with van der Waals surface area (Å²) >= 11 is 0. The average molecular weight is 353 g/mol. The second-order valence-corrected chi connectivity index (χ2v) is 7.33. The lowest BCUT2D eigenvalue weighted by atomic mass is 9.85. The molecule has 2 aromatic rings. The van der Waals surface area contributed by atoms with Gasteiger partial charge in [-0.1, -0.05) is 30.3 Å². The minimum atomic E-state index is -0.0823. The van der Waals surface area contributed by atoms with Crippen molar-refractivity contribution in [3.05, 3.63) is 53.6 Å². The van der Waals surface area contributed by atoms with Crippen molar-refractivity contribution in [3.8, 4) is 17.2 Å². The van der Waals surface area contributed by atoms with Crippen LogP contribution in [-0.4, -0.2) is 19.8 Å². The summed E-state index contributed by atoms with van der Waals surface area (Å²) in [4.78, 5) is 0. The van der Waals surface area contributed by atoms with E-state index in [4.69, 9.17) is 14.2 Å². The maximum absolute atomic E-state index is 6.58. The van der Waals surface area contributed by atoms with E-state index in [1.807, 2.05) is 6.07 Å². The maximum Gasteiger partial charge on any atom is 0.203 e. The Hall–Kier alpha value is -2.20. The van der Waals surface area contributed by atoms with Crippen LogP contribution in [0.15, 0.2) is 42.5 Å². The number of ether oxygens (including phenoxy) is 3. The first-order valence-corrected chi connectivity index (χ1v) is 9.46. The quantitative estimate of drug-likeness (QED) is 0.851. The molecule has 0 bridgehead atoms. The van der Waals surface area contributed by atoms with Crippen molar-refractivity contribution in [1.29, 1.82) is 0 Å². The largest absolute Gasteiger partial charge is 0.493 e. The SMILES string of the molecule is COc1ccc2c(c1OC)OC1(CCCC1)CC2NCc1ccccc1. The van der Waals surface area contributed by atoms with E-state index >= 15 is 0 Å². The number of benzene rings is 2. The summed E-state index contributed by atoms with van der Waals surface area (Å²) in [6, 6.07) is 14.9. The lowest BCUT2D eigenvalue weighted by Gasteiger charge is -2.41. The minimum Gasteiger partial charge on any atom is -0.493 e. The Kier molecular flexibility index (Phi) is 4.77. The van der Waals surface area contributed by atoms with Crippen LogP contribution in [0, 0.1) is 0 Å². The van der Waals surface area contributed by atoms with E-state index in [2.05, 4.69) is 41.7 Å². The van der Waals surface area contributed by atoms with Gasteiger partial charge in [0.25, 0.3) is 0 Å². The van der Waals surface area contributed by atoms with E-state index in [-0.39, 0.29) is 11.6 Å². The Morgan fingerprint density at radius 3 is 2.50 bits per heavy atom. The van der Waals surface area contributed by atoms with Gasteiger partial charge in [-0.2, -0.15) is 0 Å². The molecule has 1 saturated carbocycles. The molecule has 0 saturated heterocycles. The minimum absolute atomic E-state index is 0.0823. The van der Waals surface area contributed by atoms with Crippen LogP contribution in [0.2, 0.25) is 0 Å². The standard InChI is InChI=1S/C22H27NO3/c1-24-19-11-10-17-18(23-15-16-8-4-3-5-9-16)14-22(12-6-7-13-22)26-20(17)21(19)25-2/h3-5,8-11,18,23H,6-7,12-15H2,1-2H3. The zero-order chi connectivity index (χ0) is 18.0.